The van der Waals surface area contributed by atoms with Crippen molar-refractivity contribution < 1.29 is 33.8 Å². The second kappa shape index (κ2) is 7.20. The highest BCUT2D eigenvalue weighted by Crippen LogP contribution is 2.29. The zero-order valence-electron chi connectivity index (χ0n) is 13.9. The van der Waals surface area contributed by atoms with E-state index in [1.807, 2.05) is 0 Å². The van der Waals surface area contributed by atoms with Gasteiger partial charge in [0.15, 0.2) is 0 Å². The highest BCUT2D eigenvalue weighted by Gasteiger charge is 2.36. The summed E-state index contributed by atoms with van der Waals surface area (Å²) in [7, 11) is 0. The molecule has 1 saturated heterocycles. The van der Waals surface area contributed by atoms with E-state index in [4.69, 9.17) is 9.52 Å². The van der Waals surface area contributed by atoms with Crippen LogP contribution in [0.3, 0.4) is 0 Å². The zero-order valence-corrected chi connectivity index (χ0v) is 13.9. The van der Waals surface area contributed by atoms with Gasteiger partial charge in [-0.1, -0.05) is 6.07 Å². The van der Waals surface area contributed by atoms with Crippen molar-refractivity contribution in [2.75, 3.05) is 18.0 Å². The lowest BCUT2D eigenvalue weighted by Crippen LogP contribution is -2.48. The van der Waals surface area contributed by atoms with E-state index in [1.54, 1.807) is 0 Å². The number of rotatable bonds is 4. The predicted molar refractivity (Wildman–Crippen MR) is 90.5 cm³/mol. The molecule has 1 aromatic heterocycles. The lowest BCUT2D eigenvalue weighted by molar-refractivity contribution is -0.136. The topological polar surface area (TPSA) is 140 Å². The highest BCUT2D eigenvalue weighted by atomic mass is 16.4. The minimum Gasteiger partial charge on any atom is -0.508 e. The van der Waals surface area contributed by atoms with Crippen LogP contribution in [-0.2, 0) is 11.2 Å². The Morgan fingerprint density at radius 2 is 2.04 bits per heavy atom. The van der Waals surface area contributed by atoms with Gasteiger partial charge in [0, 0.05) is 19.2 Å². The number of aromatic hydroxyl groups is 1. The van der Waals surface area contributed by atoms with Crippen LogP contribution < -0.4 is 10.2 Å². The number of nitrogens with one attached hydrogen (secondary N) is 1. The molecule has 1 aliphatic heterocycles. The molecule has 0 saturated carbocycles. The first kappa shape index (κ1) is 18.0. The van der Waals surface area contributed by atoms with Crippen LogP contribution in [0.4, 0.5) is 15.3 Å². The van der Waals surface area contributed by atoms with Crippen molar-refractivity contribution in [3.63, 3.8) is 0 Å². The molecule has 5 amide bonds. The fourth-order valence-corrected chi connectivity index (χ4v) is 2.66. The van der Waals surface area contributed by atoms with E-state index >= 15 is 0 Å². The first-order valence-corrected chi connectivity index (χ1v) is 7.88. The molecule has 2 heterocycles. The van der Waals surface area contributed by atoms with Crippen molar-refractivity contribution >= 4 is 29.6 Å². The number of aliphatic carboxylic acids is 1. The van der Waals surface area contributed by atoms with Crippen LogP contribution in [-0.4, -0.2) is 52.1 Å². The van der Waals surface area contributed by atoms with Gasteiger partial charge in [-0.2, -0.15) is 0 Å². The van der Waals surface area contributed by atoms with Crippen molar-refractivity contribution in [3.8, 4) is 5.75 Å². The number of carbonyl (C=O) groups is 4. The first-order chi connectivity index (χ1) is 12.9. The van der Waals surface area contributed by atoms with Gasteiger partial charge < -0.3 is 19.9 Å². The van der Waals surface area contributed by atoms with Gasteiger partial charge in [-0.3, -0.25) is 9.59 Å². The lowest BCUT2D eigenvalue weighted by atomic mass is 10.1. The van der Waals surface area contributed by atoms with E-state index in [1.165, 1.54) is 24.5 Å². The Balaban J connectivity index is 2.11. The smallest absolute Gasteiger partial charge is 0.339 e. The van der Waals surface area contributed by atoms with Gasteiger partial charge in [-0.25, -0.2) is 19.4 Å². The summed E-state index contributed by atoms with van der Waals surface area (Å²) in [5.41, 5.74) is 0.00553. The number of carboxylic acids is 1. The minimum absolute atomic E-state index is 0.0209. The number of hydrogen-bond acceptors (Lipinski definition) is 6. The zero-order chi connectivity index (χ0) is 19.6. The Morgan fingerprint density at radius 1 is 1.26 bits per heavy atom. The number of phenolic OH excluding ortho intramolecular Hbond substituents is 1. The molecule has 10 nitrogen and oxygen atoms in total. The molecule has 1 aliphatic rings. The maximum Gasteiger partial charge on any atom is 0.339 e. The molecule has 0 aliphatic carbocycles. The number of furan rings is 1. The molecule has 2 aromatic rings. The summed E-state index contributed by atoms with van der Waals surface area (Å²) in [5.74, 6) is -2.29. The summed E-state index contributed by atoms with van der Waals surface area (Å²) >= 11 is 0. The number of benzene rings is 1. The third-order valence-electron chi connectivity index (χ3n) is 3.90. The molecule has 0 bridgehead atoms. The molecule has 0 unspecified atom stereocenters. The molecule has 0 spiro atoms. The third-order valence-corrected chi connectivity index (χ3v) is 3.90. The number of hydrogen-bond donors (Lipinski definition) is 3. The molecule has 3 N–H and O–H groups in total. The Labute approximate surface area is 152 Å². The number of amides is 5. The summed E-state index contributed by atoms with van der Waals surface area (Å²) < 4.78 is 4.87. The van der Waals surface area contributed by atoms with Gasteiger partial charge in [0.2, 0.25) is 0 Å². The van der Waals surface area contributed by atoms with Crippen LogP contribution >= 0.6 is 0 Å². The Morgan fingerprint density at radius 3 is 2.63 bits per heavy atom. The molecule has 3 rings (SSSR count). The van der Waals surface area contributed by atoms with Crippen LogP contribution in [0.2, 0.25) is 0 Å². The summed E-state index contributed by atoms with van der Waals surface area (Å²) in [6.45, 7) is 0.264. The SMILES string of the molecule is O=C(O)Cc1ccc(O)cc1N(C(=O)c1ccoc1)C(=O)N1CCNC1=O. The van der Waals surface area contributed by atoms with E-state index in [0.29, 0.717) is 4.90 Å². The van der Waals surface area contributed by atoms with Crippen LogP contribution in [0.15, 0.2) is 41.2 Å². The summed E-state index contributed by atoms with van der Waals surface area (Å²) in [6, 6.07) is 3.33. The predicted octanol–water partition coefficient (Wildman–Crippen LogP) is 1.40. The Kier molecular flexibility index (Phi) is 4.79. The fourth-order valence-electron chi connectivity index (χ4n) is 2.66. The van der Waals surface area contributed by atoms with E-state index < -0.39 is 30.4 Å². The number of carbonyl (C=O) groups excluding carboxylic acids is 3. The molecule has 1 fully saturated rings. The largest absolute Gasteiger partial charge is 0.508 e. The standard InChI is InChI=1S/C17H15N3O7/c21-12-2-1-10(7-14(22)23)13(8-12)20(15(24)11-3-6-27-9-11)17(26)19-5-4-18-16(19)25/h1-3,6,8-9,21H,4-5,7H2,(H,18,25)(H,22,23). The monoisotopic (exact) mass is 373 g/mol. The van der Waals surface area contributed by atoms with Gasteiger partial charge in [-0.05, 0) is 17.7 Å². The highest BCUT2D eigenvalue weighted by molar-refractivity contribution is 6.23. The van der Waals surface area contributed by atoms with Crippen molar-refractivity contribution in [2.45, 2.75) is 6.42 Å². The summed E-state index contributed by atoms with van der Waals surface area (Å²) in [5, 5.41) is 21.4. The van der Waals surface area contributed by atoms with E-state index in [9.17, 15) is 24.3 Å². The number of urea groups is 2. The maximum absolute atomic E-state index is 13.0. The Hall–Kier alpha value is -3.82. The van der Waals surface area contributed by atoms with Crippen LogP contribution in [0.25, 0.3) is 0 Å². The Bertz CT molecular complexity index is 907. The van der Waals surface area contributed by atoms with Crippen LogP contribution in [0.5, 0.6) is 5.75 Å². The molecule has 1 aromatic carbocycles. The second-order valence-corrected chi connectivity index (χ2v) is 5.70. The van der Waals surface area contributed by atoms with Gasteiger partial charge in [-0.15, -0.1) is 0 Å². The molecule has 27 heavy (non-hydrogen) atoms. The molecule has 10 heteroatoms. The second-order valence-electron chi connectivity index (χ2n) is 5.70. The van der Waals surface area contributed by atoms with E-state index in [0.717, 1.165) is 17.2 Å². The molecule has 0 radical (unpaired) electrons. The van der Waals surface area contributed by atoms with Crippen molar-refractivity contribution in [1.29, 1.82) is 0 Å². The molecular formula is C17H15N3O7. The number of anilines is 1. The molecule has 140 valence electrons. The quantitative estimate of drug-likeness (QED) is 0.736. The fraction of sp³-hybridized carbons (Fsp3) is 0.176. The number of phenols is 1. The minimum atomic E-state index is -1.19. The van der Waals surface area contributed by atoms with Crippen molar-refractivity contribution in [1.82, 2.24) is 10.2 Å². The average molecular weight is 373 g/mol. The summed E-state index contributed by atoms with van der Waals surface area (Å²) in [6.07, 6.45) is 1.86. The van der Waals surface area contributed by atoms with Crippen LogP contribution in [0.1, 0.15) is 15.9 Å². The number of carboxylic acid groups (broad SMARTS) is 1. The van der Waals surface area contributed by atoms with E-state index in [2.05, 4.69) is 5.32 Å². The average Bonchev–Trinajstić information content (AvgIpc) is 3.28. The first-order valence-electron chi connectivity index (χ1n) is 7.88. The normalized spacial score (nSPS) is 13.3. The number of imide groups is 2. The van der Waals surface area contributed by atoms with Gasteiger partial charge in [0.05, 0.1) is 23.9 Å². The van der Waals surface area contributed by atoms with Crippen molar-refractivity contribution in [2.24, 2.45) is 0 Å². The molecular weight excluding hydrogens is 358 g/mol. The van der Waals surface area contributed by atoms with Crippen molar-refractivity contribution in [3.05, 3.63) is 47.9 Å². The summed E-state index contributed by atoms with van der Waals surface area (Å²) in [4.78, 5) is 50.4. The lowest BCUT2D eigenvalue weighted by Gasteiger charge is -2.26. The van der Waals surface area contributed by atoms with Crippen LogP contribution in [0, 0.1) is 0 Å². The van der Waals surface area contributed by atoms with E-state index in [-0.39, 0.29) is 35.7 Å². The van der Waals surface area contributed by atoms with Gasteiger partial charge in [0.25, 0.3) is 5.91 Å². The maximum atomic E-state index is 13.0. The molecule has 0 atom stereocenters. The van der Waals surface area contributed by atoms with Gasteiger partial charge >= 0.3 is 18.0 Å². The number of nitrogens with zero attached hydrogens (tertiary/aromatic N) is 2. The third kappa shape index (κ3) is 3.59. The van der Waals surface area contributed by atoms with Gasteiger partial charge in [0.1, 0.15) is 12.0 Å².